The van der Waals surface area contributed by atoms with Gasteiger partial charge in [-0.3, -0.25) is 0 Å². The van der Waals surface area contributed by atoms with E-state index in [1.807, 2.05) is 0 Å². The van der Waals surface area contributed by atoms with Crippen LogP contribution in [-0.4, -0.2) is 0 Å². The van der Waals surface area contributed by atoms with Gasteiger partial charge in [-0.15, -0.1) is 0 Å². The van der Waals surface area contributed by atoms with Crippen molar-refractivity contribution in [3.63, 3.8) is 0 Å². The summed E-state index contributed by atoms with van der Waals surface area (Å²) in [6.07, 6.45) is 9.87. The van der Waals surface area contributed by atoms with E-state index < -0.39 is 0 Å². The average molecular weight is 93.1 g/mol. The van der Waals surface area contributed by atoms with Crippen molar-refractivity contribution < 1.29 is 0 Å². The van der Waals surface area contributed by atoms with Crippen LogP contribution < -0.4 is 0 Å². The zero-order chi connectivity index (χ0) is 4.69. The zero-order valence-corrected chi connectivity index (χ0v) is 4.30. The zero-order valence-electron chi connectivity index (χ0n) is 4.30. The van der Waals surface area contributed by atoms with Crippen LogP contribution in [0, 0.1) is 18.3 Å². The van der Waals surface area contributed by atoms with Crippen LogP contribution >= 0.6 is 0 Å². The minimum absolute atomic E-state index is 0.866. The summed E-state index contributed by atoms with van der Waals surface area (Å²) in [4.78, 5) is 0. The molecule has 1 fully saturated rings. The summed E-state index contributed by atoms with van der Waals surface area (Å²) in [7, 11) is 0. The summed E-state index contributed by atoms with van der Waals surface area (Å²) in [5, 5.41) is 0. The first kappa shape index (κ1) is 3.71. The van der Waals surface area contributed by atoms with E-state index in [1.165, 1.54) is 12.8 Å². The molecule has 0 aromatic rings. The summed E-state index contributed by atoms with van der Waals surface area (Å²) < 4.78 is 0. The van der Waals surface area contributed by atoms with E-state index in [9.17, 15) is 0 Å². The molecule has 0 N–H and O–H groups in total. The van der Waals surface area contributed by atoms with E-state index in [1.54, 1.807) is 0 Å². The van der Waals surface area contributed by atoms with E-state index in [0.717, 1.165) is 11.8 Å². The van der Waals surface area contributed by atoms with Gasteiger partial charge in [0, 0.05) is 0 Å². The summed E-state index contributed by atoms with van der Waals surface area (Å²) in [5.74, 6) is 1.80. The smallest absolute Gasteiger partial charge is 0.0196 e. The molecule has 0 heterocycles. The molecular weight excluding hydrogens is 84.1 g/mol. The molecule has 1 radical (unpaired) electrons. The van der Waals surface area contributed by atoms with Gasteiger partial charge in [0.05, 0.1) is 0 Å². The van der Waals surface area contributed by atoms with E-state index in [2.05, 4.69) is 18.6 Å². The van der Waals surface area contributed by atoms with Crippen LogP contribution in [0.25, 0.3) is 0 Å². The number of hydrogen-bond acceptors (Lipinski definition) is 0. The number of rotatable bonds is 0. The predicted octanol–water partition coefficient (Wildman–Crippen LogP) is 1.79. The highest BCUT2D eigenvalue weighted by Crippen LogP contribution is 2.37. The molecule has 0 aromatic carbocycles. The number of allylic oxidation sites excluding steroid dienone is 2. The Hall–Kier alpha value is -0.260. The molecule has 1 saturated carbocycles. The van der Waals surface area contributed by atoms with E-state index in [-0.39, 0.29) is 0 Å². The summed E-state index contributed by atoms with van der Waals surface area (Å²) >= 11 is 0. The Morgan fingerprint density at radius 3 is 2.43 bits per heavy atom. The fourth-order valence-electron chi connectivity index (χ4n) is 1.51. The van der Waals surface area contributed by atoms with Gasteiger partial charge in [-0.25, -0.2) is 0 Å². The van der Waals surface area contributed by atoms with Crippen LogP contribution in [0.1, 0.15) is 12.8 Å². The maximum absolute atomic E-state index is 2.42. The standard InChI is InChI=1S/C7H9/c1-2-7-4-3-6(1)5-7/h1-3,6-7H,4-5H2. The molecule has 2 bridgehead atoms. The Morgan fingerprint density at radius 1 is 1.29 bits per heavy atom. The van der Waals surface area contributed by atoms with Crippen molar-refractivity contribution in [2.24, 2.45) is 11.8 Å². The van der Waals surface area contributed by atoms with Crippen LogP contribution in [0.2, 0.25) is 0 Å². The second-order valence-electron chi connectivity index (χ2n) is 2.52. The van der Waals surface area contributed by atoms with Gasteiger partial charge in [-0.05, 0) is 31.1 Å². The normalized spacial score (nSPS) is 45.7. The SMILES string of the molecule is [CH]1CC2C=CC1C2. The first-order valence-electron chi connectivity index (χ1n) is 2.97. The van der Waals surface area contributed by atoms with Crippen molar-refractivity contribution in [1.82, 2.24) is 0 Å². The van der Waals surface area contributed by atoms with Crippen molar-refractivity contribution in [3.8, 4) is 0 Å². The van der Waals surface area contributed by atoms with Crippen LogP contribution in [-0.2, 0) is 0 Å². The summed E-state index contributed by atoms with van der Waals surface area (Å²) in [6, 6.07) is 0. The van der Waals surface area contributed by atoms with Gasteiger partial charge >= 0.3 is 0 Å². The Balaban J connectivity index is 2.27. The quantitative estimate of drug-likeness (QED) is 0.400. The van der Waals surface area contributed by atoms with E-state index >= 15 is 0 Å². The molecule has 0 saturated heterocycles. The maximum atomic E-state index is 2.42. The highest BCUT2D eigenvalue weighted by Gasteiger charge is 2.25. The molecular formula is C7H9. The van der Waals surface area contributed by atoms with Crippen molar-refractivity contribution in [3.05, 3.63) is 18.6 Å². The molecule has 2 aliphatic carbocycles. The summed E-state index contributed by atoms with van der Waals surface area (Å²) in [6.45, 7) is 0. The molecule has 2 aliphatic rings. The van der Waals surface area contributed by atoms with Gasteiger partial charge in [0.1, 0.15) is 0 Å². The Kier molecular flexibility index (Phi) is 0.592. The second kappa shape index (κ2) is 1.12. The average Bonchev–Trinajstić information content (AvgIpc) is 2.22. The van der Waals surface area contributed by atoms with Gasteiger partial charge in [0.25, 0.3) is 0 Å². The monoisotopic (exact) mass is 93.1 g/mol. The van der Waals surface area contributed by atoms with Crippen LogP contribution in [0.15, 0.2) is 12.2 Å². The lowest BCUT2D eigenvalue weighted by atomic mass is 10.1. The molecule has 0 aliphatic heterocycles. The van der Waals surface area contributed by atoms with Gasteiger partial charge in [0.15, 0.2) is 0 Å². The Morgan fingerprint density at radius 2 is 2.29 bits per heavy atom. The van der Waals surface area contributed by atoms with Crippen LogP contribution in [0.5, 0.6) is 0 Å². The molecule has 0 aromatic heterocycles. The van der Waals surface area contributed by atoms with E-state index in [0.29, 0.717) is 0 Å². The third-order valence-electron chi connectivity index (χ3n) is 1.95. The van der Waals surface area contributed by atoms with Gasteiger partial charge in [-0.2, -0.15) is 0 Å². The first-order chi connectivity index (χ1) is 3.45. The lowest BCUT2D eigenvalue weighted by molar-refractivity contribution is 0.693. The van der Waals surface area contributed by atoms with Gasteiger partial charge in [-0.1, -0.05) is 12.2 Å². The molecule has 2 rings (SSSR count). The third kappa shape index (κ3) is 0.425. The minimum Gasteiger partial charge on any atom is -0.0851 e. The number of hydrogen-bond donors (Lipinski definition) is 0. The van der Waals surface area contributed by atoms with Crippen molar-refractivity contribution in [1.29, 1.82) is 0 Å². The summed E-state index contributed by atoms with van der Waals surface area (Å²) in [5.41, 5.74) is 0. The van der Waals surface area contributed by atoms with Crippen LogP contribution in [0.4, 0.5) is 0 Å². The predicted molar refractivity (Wildman–Crippen MR) is 29.7 cm³/mol. The Labute approximate surface area is 44.2 Å². The largest absolute Gasteiger partial charge is 0.0851 e. The van der Waals surface area contributed by atoms with Gasteiger partial charge < -0.3 is 0 Å². The minimum atomic E-state index is 0.866. The Bertz CT molecular complexity index is 90.6. The lowest BCUT2D eigenvalue weighted by Gasteiger charge is -1.96. The highest BCUT2D eigenvalue weighted by molar-refractivity contribution is 5.13. The fourth-order valence-corrected chi connectivity index (χ4v) is 1.51. The van der Waals surface area contributed by atoms with Crippen LogP contribution in [0.3, 0.4) is 0 Å². The van der Waals surface area contributed by atoms with Crippen molar-refractivity contribution >= 4 is 0 Å². The van der Waals surface area contributed by atoms with Crippen molar-refractivity contribution in [2.75, 3.05) is 0 Å². The highest BCUT2D eigenvalue weighted by atomic mass is 14.3. The molecule has 7 heavy (non-hydrogen) atoms. The molecule has 37 valence electrons. The molecule has 0 amide bonds. The van der Waals surface area contributed by atoms with E-state index in [4.69, 9.17) is 0 Å². The maximum Gasteiger partial charge on any atom is -0.0196 e. The molecule has 2 atom stereocenters. The fraction of sp³-hybridized carbons (Fsp3) is 0.571. The molecule has 2 unspecified atom stereocenters. The first-order valence-corrected chi connectivity index (χ1v) is 2.97. The number of fused-ring (bicyclic) bond motifs is 2. The van der Waals surface area contributed by atoms with Crippen molar-refractivity contribution in [2.45, 2.75) is 12.8 Å². The molecule has 0 nitrogen and oxygen atoms in total. The topological polar surface area (TPSA) is 0 Å². The third-order valence-corrected chi connectivity index (χ3v) is 1.95. The molecule has 0 spiro atoms. The lowest BCUT2D eigenvalue weighted by Crippen LogP contribution is -1.83. The molecule has 0 heteroatoms. The van der Waals surface area contributed by atoms with Gasteiger partial charge in [0.2, 0.25) is 0 Å². The second-order valence-corrected chi connectivity index (χ2v) is 2.52.